The number of rotatable bonds is 4. The second-order valence-corrected chi connectivity index (χ2v) is 4.89. The molecule has 0 saturated heterocycles. The number of para-hydroxylation sites is 1. The lowest BCUT2D eigenvalue weighted by Gasteiger charge is -2.11. The number of hydrogen-bond donors (Lipinski definition) is 3. The van der Waals surface area contributed by atoms with Gasteiger partial charge in [-0.2, -0.15) is 0 Å². The van der Waals surface area contributed by atoms with Gasteiger partial charge in [-0.1, -0.05) is 24.3 Å². The molecule has 0 aliphatic carbocycles. The summed E-state index contributed by atoms with van der Waals surface area (Å²) in [5.74, 6) is -0.0937. The summed E-state index contributed by atoms with van der Waals surface area (Å²) in [5, 5.41) is 7.04. The van der Waals surface area contributed by atoms with Gasteiger partial charge in [-0.05, 0) is 36.9 Å². The lowest BCUT2D eigenvalue weighted by Crippen LogP contribution is -2.15. The van der Waals surface area contributed by atoms with E-state index in [0.29, 0.717) is 12.1 Å². The summed E-state index contributed by atoms with van der Waals surface area (Å²) < 4.78 is 0. The summed E-state index contributed by atoms with van der Waals surface area (Å²) in [6, 6.07) is 15.4. The predicted molar refractivity (Wildman–Crippen MR) is 85.5 cm³/mol. The highest BCUT2D eigenvalue weighted by atomic mass is 16.1. The Hall–Kier alpha value is -2.59. The number of carbonyl (C=O) groups is 1. The van der Waals surface area contributed by atoms with Crippen LogP contribution in [-0.4, -0.2) is 17.9 Å². The van der Waals surface area contributed by atoms with E-state index in [4.69, 9.17) is 0 Å². The Morgan fingerprint density at radius 2 is 1.95 bits per heavy atom. The molecule has 0 saturated carbocycles. The smallest absolute Gasteiger partial charge is 0.256 e. The Balaban J connectivity index is 1.92. The molecular formula is C17H17N3O. The van der Waals surface area contributed by atoms with E-state index in [9.17, 15) is 4.79 Å². The van der Waals surface area contributed by atoms with Gasteiger partial charge in [0.1, 0.15) is 0 Å². The second-order valence-electron chi connectivity index (χ2n) is 4.89. The van der Waals surface area contributed by atoms with Crippen molar-refractivity contribution in [3.8, 4) is 0 Å². The molecule has 3 aromatic rings. The third-order valence-corrected chi connectivity index (χ3v) is 3.47. The molecule has 0 fully saturated rings. The van der Waals surface area contributed by atoms with Gasteiger partial charge in [-0.25, -0.2) is 0 Å². The van der Waals surface area contributed by atoms with Crippen molar-refractivity contribution in [2.75, 3.05) is 12.4 Å². The Morgan fingerprint density at radius 1 is 1.10 bits per heavy atom. The number of carbonyl (C=O) groups excluding carboxylic acids is 1. The Kier molecular flexibility index (Phi) is 3.71. The molecule has 21 heavy (non-hydrogen) atoms. The minimum Gasteiger partial charge on any atom is -0.361 e. The first-order chi connectivity index (χ1) is 10.3. The molecule has 0 aliphatic heterocycles. The van der Waals surface area contributed by atoms with E-state index in [1.165, 1.54) is 0 Å². The maximum Gasteiger partial charge on any atom is 0.256 e. The van der Waals surface area contributed by atoms with E-state index in [1.54, 1.807) is 0 Å². The van der Waals surface area contributed by atoms with E-state index in [2.05, 4.69) is 15.6 Å². The van der Waals surface area contributed by atoms with E-state index in [1.807, 2.05) is 61.8 Å². The molecule has 4 heteroatoms. The Bertz CT molecular complexity index is 776. The molecule has 0 unspecified atom stereocenters. The van der Waals surface area contributed by atoms with Crippen LogP contribution in [0.1, 0.15) is 15.9 Å². The molecule has 0 bridgehead atoms. The van der Waals surface area contributed by atoms with Crippen molar-refractivity contribution in [1.29, 1.82) is 0 Å². The first kappa shape index (κ1) is 13.4. The first-order valence-electron chi connectivity index (χ1n) is 6.89. The highest BCUT2D eigenvalue weighted by Gasteiger charge is 2.12. The maximum absolute atomic E-state index is 12.5. The number of amides is 1. The third-order valence-electron chi connectivity index (χ3n) is 3.47. The van der Waals surface area contributed by atoms with Crippen LogP contribution in [0.5, 0.6) is 0 Å². The van der Waals surface area contributed by atoms with Gasteiger partial charge in [0.25, 0.3) is 5.91 Å². The largest absolute Gasteiger partial charge is 0.361 e. The standard InChI is InChI=1S/C17H17N3O/c1-18-11-12-5-2-3-7-15(12)20-17(21)14-6-4-8-16-13(14)9-10-19-16/h2-10,18-19H,11H2,1H3,(H,20,21). The number of anilines is 1. The van der Waals surface area contributed by atoms with Gasteiger partial charge in [-0.15, -0.1) is 0 Å². The average Bonchev–Trinajstić information content (AvgIpc) is 2.97. The zero-order valence-corrected chi connectivity index (χ0v) is 11.8. The number of fused-ring (bicyclic) bond motifs is 1. The quantitative estimate of drug-likeness (QED) is 0.687. The summed E-state index contributed by atoms with van der Waals surface area (Å²) in [6.07, 6.45) is 1.84. The average molecular weight is 279 g/mol. The number of aromatic nitrogens is 1. The predicted octanol–water partition coefficient (Wildman–Crippen LogP) is 3.14. The second kappa shape index (κ2) is 5.81. The summed E-state index contributed by atoms with van der Waals surface area (Å²) in [7, 11) is 1.89. The summed E-state index contributed by atoms with van der Waals surface area (Å²) in [4.78, 5) is 15.7. The van der Waals surface area contributed by atoms with Crippen LogP contribution in [0.2, 0.25) is 0 Å². The van der Waals surface area contributed by atoms with Crippen LogP contribution in [0.15, 0.2) is 54.7 Å². The lowest BCUT2D eigenvalue weighted by atomic mass is 10.1. The van der Waals surface area contributed by atoms with Crippen molar-refractivity contribution in [3.05, 3.63) is 65.9 Å². The van der Waals surface area contributed by atoms with E-state index >= 15 is 0 Å². The molecule has 1 aromatic heterocycles. The molecule has 1 amide bonds. The van der Waals surface area contributed by atoms with E-state index in [0.717, 1.165) is 22.2 Å². The first-order valence-corrected chi connectivity index (χ1v) is 6.89. The van der Waals surface area contributed by atoms with Gasteiger partial charge in [0.15, 0.2) is 0 Å². The fourth-order valence-electron chi connectivity index (χ4n) is 2.46. The SMILES string of the molecule is CNCc1ccccc1NC(=O)c1cccc2[nH]ccc12. The summed E-state index contributed by atoms with van der Waals surface area (Å²) >= 11 is 0. The van der Waals surface area contributed by atoms with Crippen molar-refractivity contribution in [2.45, 2.75) is 6.54 Å². The summed E-state index contributed by atoms with van der Waals surface area (Å²) in [6.45, 7) is 0.713. The van der Waals surface area contributed by atoms with E-state index < -0.39 is 0 Å². The van der Waals surface area contributed by atoms with Crippen LogP contribution < -0.4 is 10.6 Å². The number of nitrogens with one attached hydrogen (secondary N) is 3. The molecule has 3 N–H and O–H groups in total. The monoisotopic (exact) mass is 279 g/mol. The molecule has 3 rings (SSSR count). The van der Waals surface area contributed by atoms with Gasteiger partial charge >= 0.3 is 0 Å². The number of benzene rings is 2. The van der Waals surface area contributed by atoms with Gasteiger partial charge < -0.3 is 15.6 Å². The zero-order valence-electron chi connectivity index (χ0n) is 11.8. The Labute approximate surface area is 123 Å². The van der Waals surface area contributed by atoms with Gasteiger partial charge in [-0.3, -0.25) is 4.79 Å². The minimum atomic E-state index is -0.0937. The molecule has 1 heterocycles. The topological polar surface area (TPSA) is 56.9 Å². The van der Waals surface area contributed by atoms with Crippen molar-refractivity contribution in [3.63, 3.8) is 0 Å². The fraction of sp³-hybridized carbons (Fsp3) is 0.118. The fourth-order valence-corrected chi connectivity index (χ4v) is 2.46. The van der Waals surface area contributed by atoms with Crippen molar-refractivity contribution < 1.29 is 4.79 Å². The van der Waals surface area contributed by atoms with Crippen LogP contribution in [0.4, 0.5) is 5.69 Å². The molecule has 0 aliphatic rings. The van der Waals surface area contributed by atoms with Crippen molar-refractivity contribution in [1.82, 2.24) is 10.3 Å². The summed E-state index contributed by atoms with van der Waals surface area (Å²) in [5.41, 5.74) is 3.54. The van der Waals surface area contributed by atoms with Gasteiger partial charge in [0.2, 0.25) is 0 Å². The number of H-pyrrole nitrogens is 1. The molecule has 4 nitrogen and oxygen atoms in total. The van der Waals surface area contributed by atoms with Crippen LogP contribution in [0.25, 0.3) is 10.9 Å². The minimum absolute atomic E-state index is 0.0937. The maximum atomic E-state index is 12.5. The highest BCUT2D eigenvalue weighted by Crippen LogP contribution is 2.20. The number of hydrogen-bond acceptors (Lipinski definition) is 2. The normalized spacial score (nSPS) is 10.7. The van der Waals surface area contributed by atoms with Crippen molar-refractivity contribution >= 4 is 22.5 Å². The lowest BCUT2D eigenvalue weighted by molar-refractivity contribution is 0.102. The van der Waals surface area contributed by atoms with Crippen LogP contribution in [-0.2, 0) is 6.54 Å². The molecule has 0 spiro atoms. The van der Waals surface area contributed by atoms with Crippen LogP contribution in [0, 0.1) is 0 Å². The zero-order chi connectivity index (χ0) is 14.7. The van der Waals surface area contributed by atoms with E-state index in [-0.39, 0.29) is 5.91 Å². The molecule has 2 aromatic carbocycles. The third kappa shape index (κ3) is 2.66. The van der Waals surface area contributed by atoms with Crippen molar-refractivity contribution in [2.24, 2.45) is 0 Å². The van der Waals surface area contributed by atoms with Crippen LogP contribution in [0.3, 0.4) is 0 Å². The number of aromatic amines is 1. The Morgan fingerprint density at radius 3 is 2.81 bits per heavy atom. The molecule has 0 radical (unpaired) electrons. The van der Waals surface area contributed by atoms with Crippen LogP contribution >= 0.6 is 0 Å². The molecule has 106 valence electrons. The van der Waals surface area contributed by atoms with Gasteiger partial charge in [0, 0.05) is 34.9 Å². The van der Waals surface area contributed by atoms with Gasteiger partial charge in [0.05, 0.1) is 0 Å². The highest BCUT2D eigenvalue weighted by molar-refractivity contribution is 6.12. The molecular weight excluding hydrogens is 262 g/mol. The molecule has 0 atom stereocenters.